The van der Waals surface area contributed by atoms with Crippen molar-refractivity contribution in [1.29, 1.82) is 0 Å². The Morgan fingerprint density at radius 1 is 1.42 bits per heavy atom. The van der Waals surface area contributed by atoms with Crippen molar-refractivity contribution in [2.75, 3.05) is 26.4 Å². The van der Waals surface area contributed by atoms with E-state index in [4.69, 9.17) is 14.6 Å². The minimum absolute atomic E-state index is 0.0655. The van der Waals surface area contributed by atoms with Gasteiger partial charge in [0.15, 0.2) is 0 Å². The molecule has 0 radical (unpaired) electrons. The molecule has 0 aromatic carbocycles. The molecule has 0 aromatic rings. The van der Waals surface area contributed by atoms with E-state index in [0.717, 1.165) is 5.57 Å². The maximum absolute atomic E-state index is 8.38. The van der Waals surface area contributed by atoms with Crippen molar-refractivity contribution < 1.29 is 14.6 Å². The average Bonchev–Trinajstić information content (AvgIpc) is 2.03. The molecule has 0 amide bonds. The fraction of sp³-hybridized carbons (Fsp3) is 0.778. The fourth-order valence-electron chi connectivity index (χ4n) is 0.593. The summed E-state index contributed by atoms with van der Waals surface area (Å²) < 4.78 is 10.4. The lowest BCUT2D eigenvalue weighted by atomic mass is 10.2. The van der Waals surface area contributed by atoms with Gasteiger partial charge in [-0.2, -0.15) is 0 Å². The minimum Gasteiger partial charge on any atom is -0.394 e. The van der Waals surface area contributed by atoms with E-state index in [0.29, 0.717) is 19.8 Å². The van der Waals surface area contributed by atoms with E-state index in [-0.39, 0.29) is 12.7 Å². The smallest absolute Gasteiger partial charge is 0.0752 e. The molecule has 3 nitrogen and oxygen atoms in total. The molecule has 0 aliphatic carbocycles. The standard InChI is InChI=1S/C9H18O3/c1-8(2)9(3)12-7-6-11-5-4-10/h9-10H,1,4-7H2,2-3H3. The van der Waals surface area contributed by atoms with Gasteiger partial charge in [-0.15, -0.1) is 0 Å². The highest BCUT2D eigenvalue weighted by molar-refractivity contribution is 4.94. The Labute approximate surface area is 74.0 Å². The number of ether oxygens (including phenoxy) is 2. The molecule has 0 aromatic heterocycles. The molecule has 1 N–H and O–H groups in total. The number of aliphatic hydroxyl groups is 1. The van der Waals surface area contributed by atoms with Gasteiger partial charge in [0, 0.05) is 0 Å². The maximum atomic E-state index is 8.38. The first kappa shape index (κ1) is 11.6. The molecule has 0 rings (SSSR count). The first-order chi connectivity index (χ1) is 5.68. The summed E-state index contributed by atoms with van der Waals surface area (Å²) in [5.41, 5.74) is 1.01. The molecule has 72 valence electrons. The molecule has 0 aliphatic heterocycles. The Hall–Kier alpha value is -0.380. The van der Waals surface area contributed by atoms with Crippen molar-refractivity contribution in [2.45, 2.75) is 20.0 Å². The average molecular weight is 174 g/mol. The second kappa shape index (κ2) is 7.28. The largest absolute Gasteiger partial charge is 0.394 e. The van der Waals surface area contributed by atoms with Gasteiger partial charge in [-0.3, -0.25) is 0 Å². The van der Waals surface area contributed by atoms with Crippen LogP contribution in [0.15, 0.2) is 12.2 Å². The summed E-state index contributed by atoms with van der Waals surface area (Å²) in [5.74, 6) is 0. The van der Waals surface area contributed by atoms with Crippen LogP contribution in [0.1, 0.15) is 13.8 Å². The van der Waals surface area contributed by atoms with Gasteiger partial charge in [0.2, 0.25) is 0 Å². The first-order valence-electron chi connectivity index (χ1n) is 4.14. The summed E-state index contributed by atoms with van der Waals surface area (Å²) >= 11 is 0. The van der Waals surface area contributed by atoms with E-state index >= 15 is 0 Å². The van der Waals surface area contributed by atoms with E-state index in [1.807, 2.05) is 13.8 Å². The lowest BCUT2D eigenvalue weighted by Crippen LogP contribution is -2.14. The van der Waals surface area contributed by atoms with Crippen LogP contribution in [0.5, 0.6) is 0 Å². The van der Waals surface area contributed by atoms with Crippen LogP contribution in [0.4, 0.5) is 0 Å². The lowest BCUT2D eigenvalue weighted by molar-refractivity contribution is 0.0156. The van der Waals surface area contributed by atoms with Gasteiger partial charge in [0.05, 0.1) is 32.5 Å². The zero-order valence-corrected chi connectivity index (χ0v) is 7.88. The molecule has 0 heterocycles. The quantitative estimate of drug-likeness (QED) is 0.462. The van der Waals surface area contributed by atoms with Gasteiger partial charge in [0.25, 0.3) is 0 Å². The van der Waals surface area contributed by atoms with Crippen molar-refractivity contribution in [3.8, 4) is 0 Å². The Morgan fingerprint density at radius 2 is 2.08 bits per heavy atom. The molecule has 0 saturated carbocycles. The zero-order valence-electron chi connectivity index (χ0n) is 7.88. The summed E-state index contributed by atoms with van der Waals surface area (Å²) in [6.07, 6.45) is 0.0859. The zero-order chi connectivity index (χ0) is 9.40. The van der Waals surface area contributed by atoms with Gasteiger partial charge in [-0.1, -0.05) is 12.2 Å². The van der Waals surface area contributed by atoms with Crippen LogP contribution in [-0.4, -0.2) is 37.6 Å². The summed E-state index contributed by atoms with van der Waals surface area (Å²) in [7, 11) is 0. The van der Waals surface area contributed by atoms with Crippen LogP contribution < -0.4 is 0 Å². The normalized spacial score (nSPS) is 12.9. The molecule has 12 heavy (non-hydrogen) atoms. The highest BCUT2D eigenvalue weighted by Gasteiger charge is 2.00. The molecular formula is C9H18O3. The number of hydrogen-bond acceptors (Lipinski definition) is 3. The highest BCUT2D eigenvalue weighted by Crippen LogP contribution is 2.01. The van der Waals surface area contributed by atoms with Gasteiger partial charge >= 0.3 is 0 Å². The summed E-state index contributed by atoms with van der Waals surface area (Å²) in [5, 5.41) is 8.38. The van der Waals surface area contributed by atoms with E-state index in [9.17, 15) is 0 Å². The maximum Gasteiger partial charge on any atom is 0.0752 e. The molecule has 1 atom stereocenters. The number of aliphatic hydroxyl groups excluding tert-OH is 1. The van der Waals surface area contributed by atoms with Crippen LogP contribution in [0.3, 0.4) is 0 Å². The summed E-state index contributed by atoms with van der Waals surface area (Å²) in [6, 6.07) is 0. The summed E-state index contributed by atoms with van der Waals surface area (Å²) in [4.78, 5) is 0. The lowest BCUT2D eigenvalue weighted by Gasteiger charge is -2.12. The van der Waals surface area contributed by atoms with Crippen LogP contribution in [0.2, 0.25) is 0 Å². The first-order valence-corrected chi connectivity index (χ1v) is 4.14. The van der Waals surface area contributed by atoms with E-state index in [1.165, 1.54) is 0 Å². The molecule has 0 saturated heterocycles. The van der Waals surface area contributed by atoms with Crippen molar-refractivity contribution in [2.24, 2.45) is 0 Å². The third-order valence-electron chi connectivity index (χ3n) is 1.53. The molecule has 0 bridgehead atoms. The van der Waals surface area contributed by atoms with Crippen molar-refractivity contribution >= 4 is 0 Å². The monoisotopic (exact) mass is 174 g/mol. The predicted octanol–water partition coefficient (Wildman–Crippen LogP) is 0.976. The predicted molar refractivity (Wildman–Crippen MR) is 48.1 cm³/mol. The van der Waals surface area contributed by atoms with Crippen molar-refractivity contribution in [3.63, 3.8) is 0 Å². The second-order valence-corrected chi connectivity index (χ2v) is 2.70. The van der Waals surface area contributed by atoms with E-state index < -0.39 is 0 Å². The fourth-order valence-corrected chi connectivity index (χ4v) is 0.593. The SMILES string of the molecule is C=C(C)C(C)OCCOCCO. The third-order valence-corrected chi connectivity index (χ3v) is 1.53. The van der Waals surface area contributed by atoms with E-state index in [2.05, 4.69) is 6.58 Å². The Kier molecular flexibility index (Phi) is 7.05. The van der Waals surface area contributed by atoms with Crippen LogP contribution in [-0.2, 0) is 9.47 Å². The van der Waals surface area contributed by atoms with Gasteiger partial charge in [-0.25, -0.2) is 0 Å². The highest BCUT2D eigenvalue weighted by atomic mass is 16.5. The molecule has 0 aliphatic rings. The topological polar surface area (TPSA) is 38.7 Å². The van der Waals surface area contributed by atoms with E-state index in [1.54, 1.807) is 0 Å². The molecular weight excluding hydrogens is 156 g/mol. The van der Waals surface area contributed by atoms with Gasteiger partial charge < -0.3 is 14.6 Å². The molecule has 3 heteroatoms. The van der Waals surface area contributed by atoms with Crippen LogP contribution in [0, 0.1) is 0 Å². The van der Waals surface area contributed by atoms with Crippen molar-refractivity contribution in [1.82, 2.24) is 0 Å². The van der Waals surface area contributed by atoms with Gasteiger partial charge in [0.1, 0.15) is 0 Å². The number of hydrogen-bond donors (Lipinski definition) is 1. The minimum atomic E-state index is 0.0655. The Bertz CT molecular complexity index is 123. The van der Waals surface area contributed by atoms with Crippen molar-refractivity contribution in [3.05, 3.63) is 12.2 Å². The van der Waals surface area contributed by atoms with Crippen LogP contribution >= 0.6 is 0 Å². The Morgan fingerprint density at radius 3 is 2.58 bits per heavy atom. The number of rotatable bonds is 7. The Balaban J connectivity index is 3.14. The van der Waals surface area contributed by atoms with Gasteiger partial charge in [-0.05, 0) is 13.8 Å². The molecule has 0 spiro atoms. The summed E-state index contributed by atoms with van der Waals surface area (Å²) in [6.45, 7) is 9.17. The van der Waals surface area contributed by atoms with Crippen LogP contribution in [0.25, 0.3) is 0 Å². The molecule has 1 unspecified atom stereocenters. The third kappa shape index (κ3) is 6.34. The molecule has 0 fully saturated rings. The second-order valence-electron chi connectivity index (χ2n) is 2.70.